The highest BCUT2D eigenvalue weighted by Gasteiger charge is 2.30. The van der Waals surface area contributed by atoms with Crippen molar-refractivity contribution in [2.45, 2.75) is 50.6 Å². The molecule has 7 heteroatoms. The average molecular weight is 330 g/mol. The first-order valence-corrected chi connectivity index (χ1v) is 7.61. The summed E-state index contributed by atoms with van der Waals surface area (Å²) in [5.74, 6) is 0. The summed E-state index contributed by atoms with van der Waals surface area (Å²) in [6.07, 6.45) is -1.95. The van der Waals surface area contributed by atoms with Crippen LogP contribution in [0.1, 0.15) is 36.8 Å². The van der Waals surface area contributed by atoms with E-state index in [2.05, 4.69) is 5.32 Å². The number of urea groups is 1. The zero-order valence-corrected chi connectivity index (χ0v) is 12.9. The Bertz CT molecular complexity index is 540. The van der Waals surface area contributed by atoms with Gasteiger partial charge in [0, 0.05) is 19.6 Å². The molecule has 1 aliphatic carbocycles. The fourth-order valence-electron chi connectivity index (χ4n) is 2.70. The molecule has 128 valence electrons. The molecule has 0 heterocycles. The van der Waals surface area contributed by atoms with E-state index in [1.54, 1.807) is 13.1 Å². The number of benzene rings is 1. The van der Waals surface area contributed by atoms with E-state index >= 15 is 0 Å². The van der Waals surface area contributed by atoms with Crippen molar-refractivity contribution in [1.82, 2.24) is 10.2 Å². The fraction of sp³-hybridized carbons (Fsp3) is 0.562. The number of amides is 2. The van der Waals surface area contributed by atoms with Crippen LogP contribution in [0.15, 0.2) is 24.3 Å². The summed E-state index contributed by atoms with van der Waals surface area (Å²) in [4.78, 5) is 13.5. The molecule has 2 N–H and O–H groups in total. The lowest BCUT2D eigenvalue weighted by Gasteiger charge is -2.28. The molecule has 1 fully saturated rings. The minimum Gasteiger partial charge on any atom is -0.393 e. The lowest BCUT2D eigenvalue weighted by Crippen LogP contribution is -2.44. The van der Waals surface area contributed by atoms with Crippen molar-refractivity contribution < 1.29 is 23.1 Å². The minimum atomic E-state index is -4.39. The Hall–Kier alpha value is -1.76. The molecule has 0 saturated heterocycles. The third kappa shape index (κ3) is 5.13. The first-order valence-electron chi connectivity index (χ1n) is 7.61. The highest BCUT2D eigenvalue weighted by atomic mass is 19.4. The van der Waals surface area contributed by atoms with Crippen LogP contribution in [-0.2, 0) is 12.7 Å². The fourth-order valence-corrected chi connectivity index (χ4v) is 2.70. The van der Waals surface area contributed by atoms with E-state index < -0.39 is 11.7 Å². The molecule has 0 radical (unpaired) electrons. The van der Waals surface area contributed by atoms with Crippen molar-refractivity contribution in [1.29, 1.82) is 0 Å². The van der Waals surface area contributed by atoms with Gasteiger partial charge in [-0.3, -0.25) is 0 Å². The van der Waals surface area contributed by atoms with Gasteiger partial charge in [-0.15, -0.1) is 0 Å². The first-order chi connectivity index (χ1) is 10.8. The van der Waals surface area contributed by atoms with Gasteiger partial charge in [0.1, 0.15) is 0 Å². The normalized spacial score (nSPS) is 21.8. The Morgan fingerprint density at radius 1 is 1.30 bits per heavy atom. The summed E-state index contributed by atoms with van der Waals surface area (Å²) < 4.78 is 38.1. The summed E-state index contributed by atoms with van der Waals surface area (Å²) >= 11 is 0. The second-order valence-corrected chi connectivity index (χ2v) is 6.01. The Balaban J connectivity index is 1.91. The molecule has 0 aromatic heterocycles. The van der Waals surface area contributed by atoms with Crippen LogP contribution in [0.5, 0.6) is 0 Å². The van der Waals surface area contributed by atoms with E-state index in [-0.39, 0.29) is 24.7 Å². The Labute approximate surface area is 133 Å². The van der Waals surface area contributed by atoms with Crippen molar-refractivity contribution >= 4 is 6.03 Å². The maximum atomic E-state index is 12.7. The maximum Gasteiger partial charge on any atom is 0.416 e. The third-order valence-electron chi connectivity index (χ3n) is 4.05. The number of nitrogens with one attached hydrogen (secondary N) is 1. The van der Waals surface area contributed by atoms with Gasteiger partial charge in [0.2, 0.25) is 0 Å². The molecule has 0 bridgehead atoms. The molecule has 1 saturated carbocycles. The predicted octanol–water partition coefficient (Wildman–Crippen LogP) is 3.15. The van der Waals surface area contributed by atoms with Crippen LogP contribution >= 0.6 is 0 Å². The van der Waals surface area contributed by atoms with Crippen LogP contribution in [-0.4, -0.2) is 35.2 Å². The molecule has 1 aliphatic rings. The van der Waals surface area contributed by atoms with E-state index in [9.17, 15) is 23.1 Å². The van der Waals surface area contributed by atoms with Gasteiger partial charge in [-0.05, 0) is 43.4 Å². The number of carbonyl (C=O) groups excluding carboxylic acids is 1. The highest BCUT2D eigenvalue weighted by Crippen LogP contribution is 2.29. The standard InChI is InChI=1S/C16H21F3N2O2/c1-21(15(23)20-13-5-7-14(22)8-6-13)10-11-3-2-4-12(9-11)16(17,18)19/h2-4,9,13-14,22H,5-8,10H2,1H3,(H,20,23). The van der Waals surface area contributed by atoms with Crippen LogP contribution < -0.4 is 5.32 Å². The second kappa shape index (κ2) is 7.21. The molecular weight excluding hydrogens is 309 g/mol. The van der Waals surface area contributed by atoms with Crippen molar-refractivity contribution in [3.05, 3.63) is 35.4 Å². The number of aliphatic hydroxyl groups excluding tert-OH is 1. The van der Waals surface area contributed by atoms with E-state index in [4.69, 9.17) is 0 Å². The van der Waals surface area contributed by atoms with Gasteiger partial charge in [-0.1, -0.05) is 12.1 Å². The Morgan fingerprint density at radius 2 is 1.96 bits per heavy atom. The number of hydrogen-bond acceptors (Lipinski definition) is 2. The smallest absolute Gasteiger partial charge is 0.393 e. The van der Waals surface area contributed by atoms with E-state index in [1.165, 1.54) is 11.0 Å². The van der Waals surface area contributed by atoms with E-state index in [1.807, 2.05) is 0 Å². The van der Waals surface area contributed by atoms with Gasteiger partial charge in [-0.2, -0.15) is 13.2 Å². The molecule has 0 aliphatic heterocycles. The SMILES string of the molecule is CN(Cc1cccc(C(F)(F)F)c1)C(=O)NC1CCC(O)CC1. The molecule has 0 unspecified atom stereocenters. The maximum absolute atomic E-state index is 12.7. The molecule has 0 atom stereocenters. The largest absolute Gasteiger partial charge is 0.416 e. The van der Waals surface area contributed by atoms with Crippen molar-refractivity contribution in [2.75, 3.05) is 7.05 Å². The molecule has 23 heavy (non-hydrogen) atoms. The number of rotatable bonds is 3. The van der Waals surface area contributed by atoms with Crippen LogP contribution in [0.25, 0.3) is 0 Å². The van der Waals surface area contributed by atoms with E-state index in [0.717, 1.165) is 12.1 Å². The summed E-state index contributed by atoms with van der Waals surface area (Å²) in [6, 6.07) is 4.67. The molecule has 2 amide bonds. The highest BCUT2D eigenvalue weighted by molar-refractivity contribution is 5.74. The number of alkyl halides is 3. The molecule has 4 nitrogen and oxygen atoms in total. The number of nitrogens with zero attached hydrogens (tertiary/aromatic N) is 1. The minimum absolute atomic E-state index is 0.00913. The molecule has 1 aromatic carbocycles. The summed E-state index contributed by atoms with van der Waals surface area (Å²) in [5, 5.41) is 12.3. The van der Waals surface area contributed by atoms with Crippen molar-refractivity contribution in [3.63, 3.8) is 0 Å². The molecule has 1 aromatic rings. The summed E-state index contributed by atoms with van der Waals surface area (Å²) in [6.45, 7) is 0.102. The van der Waals surface area contributed by atoms with Gasteiger partial charge in [0.15, 0.2) is 0 Å². The van der Waals surface area contributed by atoms with Crippen molar-refractivity contribution in [2.24, 2.45) is 0 Å². The van der Waals surface area contributed by atoms with Gasteiger partial charge < -0.3 is 15.3 Å². The van der Waals surface area contributed by atoms with Crippen LogP contribution in [0, 0.1) is 0 Å². The number of halogens is 3. The molecule has 2 rings (SSSR count). The van der Waals surface area contributed by atoms with Gasteiger partial charge >= 0.3 is 12.2 Å². The molecule has 0 spiro atoms. The van der Waals surface area contributed by atoms with E-state index in [0.29, 0.717) is 31.2 Å². The predicted molar refractivity (Wildman–Crippen MR) is 79.7 cm³/mol. The number of hydrogen-bond donors (Lipinski definition) is 2. The lowest BCUT2D eigenvalue weighted by molar-refractivity contribution is -0.137. The monoisotopic (exact) mass is 330 g/mol. The number of carbonyl (C=O) groups is 1. The summed E-state index contributed by atoms with van der Waals surface area (Å²) in [7, 11) is 1.55. The Morgan fingerprint density at radius 3 is 2.57 bits per heavy atom. The van der Waals surface area contributed by atoms with Gasteiger partial charge in [0.05, 0.1) is 11.7 Å². The van der Waals surface area contributed by atoms with Crippen molar-refractivity contribution in [3.8, 4) is 0 Å². The average Bonchev–Trinajstić information content (AvgIpc) is 2.49. The zero-order valence-electron chi connectivity index (χ0n) is 12.9. The number of aliphatic hydroxyl groups is 1. The lowest BCUT2D eigenvalue weighted by atomic mass is 9.93. The van der Waals surface area contributed by atoms with Gasteiger partial charge in [-0.25, -0.2) is 4.79 Å². The van der Waals surface area contributed by atoms with Crippen LogP contribution in [0.2, 0.25) is 0 Å². The topological polar surface area (TPSA) is 52.6 Å². The first kappa shape index (κ1) is 17.6. The van der Waals surface area contributed by atoms with Crippen LogP contribution in [0.4, 0.5) is 18.0 Å². The second-order valence-electron chi connectivity index (χ2n) is 6.01. The third-order valence-corrected chi connectivity index (χ3v) is 4.05. The quantitative estimate of drug-likeness (QED) is 0.894. The Kier molecular flexibility index (Phi) is 5.51. The van der Waals surface area contributed by atoms with Crippen LogP contribution in [0.3, 0.4) is 0 Å². The van der Waals surface area contributed by atoms with Gasteiger partial charge in [0.25, 0.3) is 0 Å². The molecular formula is C16H21F3N2O2. The summed E-state index contributed by atoms with van der Waals surface area (Å²) in [5.41, 5.74) is -0.290. The zero-order chi connectivity index (χ0) is 17.0.